The van der Waals surface area contributed by atoms with Crippen molar-refractivity contribution in [2.24, 2.45) is 0 Å². The molecule has 0 fully saturated rings. The number of carbonyl (C=O) groups excluding carboxylic acids is 1. The van der Waals surface area contributed by atoms with Crippen molar-refractivity contribution in [1.29, 1.82) is 0 Å². The Kier molecular flexibility index (Phi) is 5.58. The van der Waals surface area contributed by atoms with Crippen molar-refractivity contribution < 1.29 is 23.7 Å². The smallest absolute Gasteiger partial charge is 0.286 e. The molecule has 1 aromatic heterocycles. The van der Waals surface area contributed by atoms with Gasteiger partial charge < -0.3 is 18.9 Å². The van der Waals surface area contributed by atoms with Crippen LogP contribution in [0, 0.1) is 17.0 Å². The Morgan fingerprint density at radius 1 is 1.36 bits per heavy atom. The molecule has 1 aromatic carbocycles. The Bertz CT molecular complexity index is 786. The fourth-order valence-electron chi connectivity index (χ4n) is 2.31. The number of hydrogen-bond donors (Lipinski definition) is 0. The number of hydrogen-bond acceptors (Lipinski definition) is 7. The van der Waals surface area contributed by atoms with E-state index in [1.807, 2.05) is 0 Å². The summed E-state index contributed by atoms with van der Waals surface area (Å²) in [4.78, 5) is 24.8. The molecule has 2 rings (SSSR count). The Morgan fingerprint density at radius 3 is 2.60 bits per heavy atom. The monoisotopic (exact) mass is 349 g/mol. The minimum absolute atomic E-state index is 0.0898. The summed E-state index contributed by atoms with van der Waals surface area (Å²) in [7, 11) is 2.93. The molecule has 1 amide bonds. The van der Waals surface area contributed by atoms with Gasteiger partial charge in [-0.25, -0.2) is 0 Å². The number of amides is 1. The summed E-state index contributed by atoms with van der Waals surface area (Å²) in [5.41, 5.74) is 0.111. The van der Waals surface area contributed by atoms with Crippen molar-refractivity contribution in [3.05, 3.63) is 45.3 Å². The molecule has 9 heteroatoms. The first-order valence-corrected chi connectivity index (χ1v) is 7.54. The maximum atomic E-state index is 12.7. The number of ether oxygens (including phenoxy) is 2. The molecule has 25 heavy (non-hydrogen) atoms. The van der Waals surface area contributed by atoms with E-state index in [0.717, 1.165) is 0 Å². The molecule has 0 aliphatic carbocycles. The summed E-state index contributed by atoms with van der Waals surface area (Å²) < 4.78 is 15.5. The van der Waals surface area contributed by atoms with Gasteiger partial charge in [0.05, 0.1) is 31.3 Å². The van der Waals surface area contributed by atoms with E-state index >= 15 is 0 Å². The number of nitrogens with zero attached hydrogens (tertiary/aromatic N) is 3. The molecule has 0 saturated heterocycles. The van der Waals surface area contributed by atoms with Crippen LogP contribution in [0.5, 0.6) is 11.5 Å². The van der Waals surface area contributed by atoms with Crippen LogP contribution < -0.4 is 9.47 Å². The lowest BCUT2D eigenvalue weighted by atomic mass is 10.1. The number of benzene rings is 1. The highest BCUT2D eigenvalue weighted by atomic mass is 16.6. The molecule has 0 aliphatic rings. The van der Waals surface area contributed by atoms with Gasteiger partial charge in [-0.2, -0.15) is 0 Å². The first kappa shape index (κ1) is 18.2. The predicted octanol–water partition coefficient (Wildman–Crippen LogP) is 2.57. The van der Waals surface area contributed by atoms with Crippen LogP contribution in [-0.2, 0) is 6.54 Å². The summed E-state index contributed by atoms with van der Waals surface area (Å²) >= 11 is 0. The van der Waals surface area contributed by atoms with Gasteiger partial charge in [0.2, 0.25) is 0 Å². The topological polar surface area (TPSA) is 108 Å². The minimum atomic E-state index is -0.622. The highest BCUT2D eigenvalue weighted by molar-refractivity contribution is 5.98. The summed E-state index contributed by atoms with van der Waals surface area (Å²) in [5.74, 6) is 0.544. The third kappa shape index (κ3) is 4.06. The number of carbonyl (C=O) groups is 1. The second kappa shape index (κ2) is 7.65. The van der Waals surface area contributed by atoms with Crippen LogP contribution in [0.2, 0.25) is 0 Å². The van der Waals surface area contributed by atoms with Crippen LogP contribution in [0.1, 0.15) is 28.7 Å². The molecular weight excluding hydrogens is 330 g/mol. The van der Waals surface area contributed by atoms with Gasteiger partial charge in [-0.1, -0.05) is 5.16 Å². The molecule has 0 saturated carbocycles. The van der Waals surface area contributed by atoms with Crippen LogP contribution >= 0.6 is 0 Å². The zero-order chi connectivity index (χ0) is 18.6. The summed E-state index contributed by atoms with van der Waals surface area (Å²) in [6.07, 6.45) is 0. The van der Waals surface area contributed by atoms with E-state index in [-0.39, 0.29) is 29.3 Å². The molecular formula is C16H19N3O6. The largest absolute Gasteiger partial charge is 0.493 e. The van der Waals surface area contributed by atoms with Crippen LogP contribution in [0.15, 0.2) is 22.7 Å². The molecule has 1 heterocycles. The molecule has 9 nitrogen and oxygen atoms in total. The maximum absolute atomic E-state index is 12.7. The van der Waals surface area contributed by atoms with Gasteiger partial charge in [0.15, 0.2) is 11.5 Å². The zero-order valence-electron chi connectivity index (χ0n) is 14.4. The average Bonchev–Trinajstić information content (AvgIpc) is 2.98. The van der Waals surface area contributed by atoms with Gasteiger partial charge in [-0.15, -0.1) is 0 Å². The average molecular weight is 349 g/mol. The van der Waals surface area contributed by atoms with Gasteiger partial charge in [-0.05, 0) is 13.8 Å². The van der Waals surface area contributed by atoms with E-state index in [1.54, 1.807) is 19.9 Å². The molecule has 134 valence electrons. The lowest BCUT2D eigenvalue weighted by Crippen LogP contribution is -2.27. The third-order valence-electron chi connectivity index (χ3n) is 3.43. The van der Waals surface area contributed by atoms with Crippen molar-refractivity contribution in [3.63, 3.8) is 0 Å². The first-order valence-electron chi connectivity index (χ1n) is 7.54. The summed E-state index contributed by atoms with van der Waals surface area (Å²) in [5, 5.41) is 15.2. The predicted molar refractivity (Wildman–Crippen MR) is 87.9 cm³/mol. The van der Waals surface area contributed by atoms with E-state index in [2.05, 4.69) is 5.16 Å². The fourth-order valence-corrected chi connectivity index (χ4v) is 2.31. The first-order chi connectivity index (χ1) is 11.9. The molecule has 0 spiro atoms. The molecule has 0 radical (unpaired) electrons. The van der Waals surface area contributed by atoms with Crippen LogP contribution in [-0.4, -0.2) is 41.7 Å². The highest BCUT2D eigenvalue weighted by Gasteiger charge is 2.27. The van der Waals surface area contributed by atoms with Crippen LogP contribution in [0.25, 0.3) is 0 Å². The van der Waals surface area contributed by atoms with E-state index in [1.165, 1.54) is 31.2 Å². The summed E-state index contributed by atoms with van der Waals surface area (Å²) in [6.45, 7) is 3.95. The van der Waals surface area contributed by atoms with Gasteiger partial charge >= 0.3 is 0 Å². The second-order valence-corrected chi connectivity index (χ2v) is 5.30. The highest BCUT2D eigenvalue weighted by Crippen LogP contribution is 2.35. The molecule has 0 bridgehead atoms. The van der Waals surface area contributed by atoms with Crippen molar-refractivity contribution in [2.75, 3.05) is 20.8 Å². The van der Waals surface area contributed by atoms with Gasteiger partial charge in [0.1, 0.15) is 17.0 Å². The number of aryl methyl sites for hydroxylation is 1. The van der Waals surface area contributed by atoms with E-state index in [9.17, 15) is 14.9 Å². The van der Waals surface area contributed by atoms with Crippen LogP contribution in [0.3, 0.4) is 0 Å². The quantitative estimate of drug-likeness (QED) is 0.558. The van der Waals surface area contributed by atoms with Gasteiger partial charge in [0.25, 0.3) is 11.6 Å². The third-order valence-corrected chi connectivity index (χ3v) is 3.43. The zero-order valence-corrected chi connectivity index (χ0v) is 14.4. The van der Waals surface area contributed by atoms with E-state index < -0.39 is 10.8 Å². The van der Waals surface area contributed by atoms with Crippen molar-refractivity contribution in [2.45, 2.75) is 20.4 Å². The normalized spacial score (nSPS) is 10.4. The van der Waals surface area contributed by atoms with Gasteiger partial charge in [0, 0.05) is 19.2 Å². The van der Waals surface area contributed by atoms with Crippen LogP contribution in [0.4, 0.5) is 5.69 Å². The van der Waals surface area contributed by atoms with Crippen molar-refractivity contribution in [1.82, 2.24) is 10.1 Å². The Hall–Kier alpha value is -3.10. The molecule has 0 atom stereocenters. The Morgan fingerprint density at radius 2 is 2.08 bits per heavy atom. The Balaban J connectivity index is 2.37. The number of aromatic nitrogens is 1. The fraction of sp³-hybridized carbons (Fsp3) is 0.375. The van der Waals surface area contributed by atoms with Gasteiger partial charge in [-0.3, -0.25) is 14.9 Å². The number of nitro groups is 1. The Labute approximate surface area is 144 Å². The lowest BCUT2D eigenvalue weighted by molar-refractivity contribution is -0.385. The standard InChI is InChI=1S/C16H19N3O6/c1-5-24-15-8-13(19(21)22)12(7-14(15)23-4)16(20)18(3)9-11-6-10(2)25-17-11/h6-8H,5,9H2,1-4H3. The lowest BCUT2D eigenvalue weighted by Gasteiger charge is -2.17. The molecule has 0 unspecified atom stereocenters. The number of nitro benzene ring substituents is 1. The van der Waals surface area contributed by atoms with Crippen molar-refractivity contribution in [3.8, 4) is 11.5 Å². The van der Waals surface area contributed by atoms with Crippen molar-refractivity contribution >= 4 is 11.6 Å². The molecule has 0 aliphatic heterocycles. The van der Waals surface area contributed by atoms with E-state index in [0.29, 0.717) is 18.1 Å². The SMILES string of the molecule is CCOc1cc([N+](=O)[O-])c(C(=O)N(C)Cc2cc(C)on2)cc1OC. The number of rotatable bonds is 7. The summed E-state index contributed by atoms with van der Waals surface area (Å²) in [6, 6.07) is 4.20. The second-order valence-electron chi connectivity index (χ2n) is 5.30. The maximum Gasteiger partial charge on any atom is 0.286 e. The van der Waals surface area contributed by atoms with E-state index in [4.69, 9.17) is 14.0 Å². The minimum Gasteiger partial charge on any atom is -0.493 e. The molecule has 0 N–H and O–H groups in total. The molecule has 2 aromatic rings. The number of methoxy groups -OCH3 is 1.